The van der Waals surface area contributed by atoms with Crippen LogP contribution in [0.2, 0.25) is 5.02 Å². The molecule has 2 bridgehead atoms. The van der Waals surface area contributed by atoms with Crippen molar-refractivity contribution < 1.29 is 4.79 Å². The highest BCUT2D eigenvalue weighted by molar-refractivity contribution is 6.31. The molecule has 4 rings (SSSR count). The Balaban J connectivity index is 1.73. The molecule has 1 aromatic carbocycles. The molecule has 9 nitrogen and oxygen atoms in total. The van der Waals surface area contributed by atoms with Crippen molar-refractivity contribution in [1.29, 1.82) is 0 Å². The van der Waals surface area contributed by atoms with Crippen LogP contribution in [0, 0.1) is 5.92 Å². The summed E-state index contributed by atoms with van der Waals surface area (Å²) in [6.07, 6.45) is 8.58. The number of anilines is 1. The molecule has 3 heterocycles. The van der Waals surface area contributed by atoms with Gasteiger partial charge in [-0.05, 0) is 55.2 Å². The van der Waals surface area contributed by atoms with Crippen molar-refractivity contribution in [3.8, 4) is 11.3 Å². The summed E-state index contributed by atoms with van der Waals surface area (Å²) in [6, 6.07) is 10.1. The maximum Gasteiger partial charge on any atom is 0.254 e. The molecule has 1 aliphatic heterocycles. The molecule has 0 radical (unpaired) electrons. The Morgan fingerprint density at radius 1 is 1.16 bits per heavy atom. The van der Waals surface area contributed by atoms with Gasteiger partial charge in [0.2, 0.25) is 5.91 Å². The summed E-state index contributed by atoms with van der Waals surface area (Å²) in [5.41, 5.74) is 8.59. The molecule has 3 aromatic rings. The Labute approximate surface area is 231 Å². The van der Waals surface area contributed by atoms with Crippen LogP contribution in [0.5, 0.6) is 0 Å². The molecule has 0 fully saturated rings. The topological polar surface area (TPSA) is 132 Å². The van der Waals surface area contributed by atoms with Gasteiger partial charge in [-0.2, -0.15) is 0 Å². The summed E-state index contributed by atoms with van der Waals surface area (Å²) in [4.78, 5) is 35.1. The van der Waals surface area contributed by atoms with E-state index in [-0.39, 0.29) is 28.6 Å². The molecule has 2 unspecified atom stereocenters. The molecule has 2 aromatic heterocycles. The number of nitrogens with zero attached hydrogens (tertiary/aromatic N) is 4. The van der Waals surface area contributed by atoms with Crippen LogP contribution in [0.25, 0.3) is 11.3 Å². The van der Waals surface area contributed by atoms with E-state index < -0.39 is 0 Å². The third-order valence-electron chi connectivity index (χ3n) is 6.58. The molecule has 200 valence electrons. The minimum Gasteiger partial charge on any atom is -0.388 e. The van der Waals surface area contributed by atoms with E-state index >= 15 is 0 Å². The number of nitrogens with two attached hydrogens (primary N) is 2. The average Bonchev–Trinajstić information content (AvgIpc) is 2.88. The molecular formula is C27H31Cl2N7O2. The first-order valence-electron chi connectivity index (χ1n) is 12.5. The molecule has 0 saturated heterocycles. The fraction of sp³-hybridized carbons (Fsp3) is 0.333. The van der Waals surface area contributed by atoms with E-state index in [1.165, 1.54) is 17.3 Å². The second-order valence-corrected chi connectivity index (χ2v) is 10.3. The fourth-order valence-corrected chi connectivity index (χ4v) is 4.91. The number of halogens is 2. The number of nitrogens with one attached hydrogen (secondary N) is 1. The Morgan fingerprint density at radius 2 is 1.97 bits per heavy atom. The average molecular weight is 556 g/mol. The van der Waals surface area contributed by atoms with Crippen LogP contribution in [-0.4, -0.2) is 27.0 Å². The van der Waals surface area contributed by atoms with Crippen molar-refractivity contribution in [3.05, 3.63) is 86.9 Å². The van der Waals surface area contributed by atoms with Crippen molar-refractivity contribution in [2.24, 2.45) is 17.5 Å². The highest BCUT2D eigenvalue weighted by Gasteiger charge is 2.21. The van der Waals surface area contributed by atoms with Crippen LogP contribution in [0.1, 0.15) is 49.9 Å². The molecule has 1 aliphatic rings. The van der Waals surface area contributed by atoms with Crippen molar-refractivity contribution in [3.63, 3.8) is 0 Å². The first kappa shape index (κ1) is 27.6. The summed E-state index contributed by atoms with van der Waals surface area (Å²) in [5.74, 6) is 6.01. The molecule has 1 amide bonds. The van der Waals surface area contributed by atoms with Gasteiger partial charge in [0.05, 0.1) is 35.6 Å². The lowest BCUT2D eigenvalue weighted by Gasteiger charge is -2.21. The lowest BCUT2D eigenvalue weighted by molar-refractivity contribution is -0.124. The number of hydrazine groups is 1. The number of amides is 1. The maximum absolute atomic E-state index is 13.5. The largest absolute Gasteiger partial charge is 0.388 e. The first-order chi connectivity index (χ1) is 18.2. The van der Waals surface area contributed by atoms with Crippen LogP contribution >= 0.6 is 23.2 Å². The fourth-order valence-electron chi connectivity index (χ4n) is 4.64. The van der Waals surface area contributed by atoms with E-state index in [0.717, 1.165) is 30.5 Å². The van der Waals surface area contributed by atoms with Gasteiger partial charge < -0.3 is 11.1 Å². The number of hydrogen-bond acceptors (Lipinski definition) is 7. The lowest BCUT2D eigenvalue weighted by Crippen LogP contribution is -2.31. The normalized spacial score (nSPS) is 19.1. The number of hydrogen-bond donors (Lipinski definition) is 3. The summed E-state index contributed by atoms with van der Waals surface area (Å²) in [6.45, 7) is 2.56. The van der Waals surface area contributed by atoms with Crippen LogP contribution in [0.3, 0.4) is 0 Å². The van der Waals surface area contributed by atoms with E-state index in [2.05, 4.69) is 15.3 Å². The van der Waals surface area contributed by atoms with Gasteiger partial charge in [0.25, 0.3) is 5.56 Å². The highest BCUT2D eigenvalue weighted by atomic mass is 35.5. The zero-order valence-electron chi connectivity index (χ0n) is 21.1. The number of carbonyl (C=O) groups is 1. The number of rotatable bonds is 4. The summed E-state index contributed by atoms with van der Waals surface area (Å²) in [7, 11) is 0. The molecule has 38 heavy (non-hydrogen) atoms. The van der Waals surface area contributed by atoms with Crippen molar-refractivity contribution >= 4 is 34.8 Å². The summed E-state index contributed by atoms with van der Waals surface area (Å²) >= 11 is 12.1. The SMILES string of the molecule is CC1Cc2ccnc(c2)C(n2cnc(-c3cc(Cl)ccc3N(N)/C=C(\N)Cl)cc2=O)CCCCCNC1=O. The van der Waals surface area contributed by atoms with Gasteiger partial charge in [0.15, 0.2) is 0 Å². The standard InChI is InChI=1S/C27H31Cl2N7O2/c1-17-11-18-8-10-32-22(12-18)24(5-3-2-4-9-33-27(17)38)35-16-34-21(14-26(35)37)20-13-19(28)6-7-23(20)36(31)15-25(29)30/h6-8,10,12-17,24H,2-5,9,11,30-31H2,1H3,(H,33,38)/b25-15-. The monoisotopic (exact) mass is 555 g/mol. The Morgan fingerprint density at radius 3 is 2.74 bits per heavy atom. The molecule has 5 N–H and O–H groups in total. The number of carbonyl (C=O) groups excluding carboxylic acids is 1. The van der Waals surface area contributed by atoms with Crippen LogP contribution in [0.15, 0.2) is 65.1 Å². The molecule has 2 atom stereocenters. The molecule has 0 aliphatic carbocycles. The minimum atomic E-state index is -0.299. The molecule has 11 heteroatoms. The van der Waals surface area contributed by atoms with Gasteiger partial charge in [-0.1, -0.05) is 43.0 Å². The lowest BCUT2D eigenvalue weighted by atomic mass is 9.98. The van der Waals surface area contributed by atoms with Gasteiger partial charge in [0.1, 0.15) is 5.16 Å². The quantitative estimate of drug-likeness (QED) is 0.251. The third-order valence-corrected chi connectivity index (χ3v) is 6.91. The second kappa shape index (κ2) is 12.4. The van der Waals surface area contributed by atoms with Gasteiger partial charge in [-0.25, -0.2) is 10.8 Å². The van der Waals surface area contributed by atoms with Gasteiger partial charge >= 0.3 is 0 Å². The molecule has 0 spiro atoms. The van der Waals surface area contributed by atoms with Gasteiger partial charge in [-0.15, -0.1) is 0 Å². The minimum absolute atomic E-state index is 0.000690. The molecular weight excluding hydrogens is 525 g/mol. The van der Waals surface area contributed by atoms with E-state index in [0.29, 0.717) is 41.4 Å². The predicted octanol–water partition coefficient (Wildman–Crippen LogP) is 4.09. The third kappa shape index (κ3) is 6.72. The van der Waals surface area contributed by atoms with E-state index in [1.807, 2.05) is 19.1 Å². The van der Waals surface area contributed by atoms with E-state index in [9.17, 15) is 9.59 Å². The molecule has 0 saturated carbocycles. The second-order valence-electron chi connectivity index (χ2n) is 9.45. The smallest absolute Gasteiger partial charge is 0.254 e. The van der Waals surface area contributed by atoms with Crippen molar-refractivity contribution in [2.75, 3.05) is 11.6 Å². The number of aromatic nitrogens is 3. The van der Waals surface area contributed by atoms with Gasteiger partial charge in [-0.3, -0.25) is 24.1 Å². The Bertz CT molecular complexity index is 1390. The number of fused-ring (bicyclic) bond motifs is 2. The van der Waals surface area contributed by atoms with E-state index in [4.69, 9.17) is 34.8 Å². The van der Waals surface area contributed by atoms with Crippen LogP contribution < -0.4 is 27.5 Å². The van der Waals surface area contributed by atoms with E-state index in [1.54, 1.807) is 35.3 Å². The number of pyridine rings is 1. The van der Waals surface area contributed by atoms with Crippen molar-refractivity contribution in [1.82, 2.24) is 19.9 Å². The Hall–Kier alpha value is -3.40. The first-order valence-corrected chi connectivity index (χ1v) is 13.3. The number of benzene rings is 1. The van der Waals surface area contributed by atoms with Gasteiger partial charge in [0, 0.05) is 35.3 Å². The van der Waals surface area contributed by atoms with Crippen molar-refractivity contribution in [2.45, 2.75) is 45.1 Å². The highest BCUT2D eigenvalue weighted by Crippen LogP contribution is 2.32. The predicted molar refractivity (Wildman–Crippen MR) is 150 cm³/mol. The van der Waals surface area contributed by atoms with Crippen LogP contribution in [0.4, 0.5) is 5.69 Å². The Kier molecular flexibility index (Phi) is 9.04. The van der Waals surface area contributed by atoms with Crippen LogP contribution in [-0.2, 0) is 11.2 Å². The summed E-state index contributed by atoms with van der Waals surface area (Å²) in [5, 5.41) is 4.74. The summed E-state index contributed by atoms with van der Waals surface area (Å²) < 4.78 is 1.61. The zero-order chi connectivity index (χ0) is 27.2. The maximum atomic E-state index is 13.5. The zero-order valence-corrected chi connectivity index (χ0v) is 22.6.